The Morgan fingerprint density at radius 1 is 1.29 bits per heavy atom. The van der Waals surface area contributed by atoms with Gasteiger partial charge in [-0.15, -0.1) is 0 Å². The molecule has 11 heteroatoms. The highest BCUT2D eigenvalue weighted by atomic mass is 32.2. The minimum absolute atomic E-state index is 0.116. The minimum Gasteiger partial charge on any atom is -0.390 e. The molecule has 1 aromatic rings. The van der Waals surface area contributed by atoms with Crippen LogP contribution < -0.4 is 11.1 Å². The summed E-state index contributed by atoms with van der Waals surface area (Å²) >= 11 is 0. The van der Waals surface area contributed by atoms with Gasteiger partial charge in [0, 0.05) is 11.7 Å². The average Bonchev–Trinajstić information content (AvgIpc) is 2.74. The fraction of sp³-hybridized carbons (Fsp3) is 0.462. The van der Waals surface area contributed by atoms with Gasteiger partial charge in [-0.25, -0.2) is 8.42 Å². The van der Waals surface area contributed by atoms with E-state index in [1.807, 2.05) is 0 Å². The van der Waals surface area contributed by atoms with Crippen LogP contribution in [0.5, 0.6) is 0 Å². The molecule has 24 heavy (non-hydrogen) atoms. The number of sulfone groups is 1. The van der Waals surface area contributed by atoms with Crippen LogP contribution in [-0.2, 0) is 14.6 Å². The maximum absolute atomic E-state index is 12.5. The van der Waals surface area contributed by atoms with Gasteiger partial charge in [-0.1, -0.05) is 6.07 Å². The Kier molecular flexibility index (Phi) is 4.91. The van der Waals surface area contributed by atoms with Crippen LogP contribution >= 0.6 is 0 Å². The Bertz CT molecular complexity index is 737. The number of nitrogens with two attached hydrogens (primary N) is 1. The molecule has 1 aliphatic carbocycles. The molecule has 2 rings (SSSR count). The zero-order chi connectivity index (χ0) is 18.3. The van der Waals surface area contributed by atoms with Gasteiger partial charge in [0.05, 0.1) is 23.0 Å². The van der Waals surface area contributed by atoms with Gasteiger partial charge < -0.3 is 21.3 Å². The van der Waals surface area contributed by atoms with E-state index in [-0.39, 0.29) is 12.1 Å². The van der Waals surface area contributed by atoms with Crippen LogP contribution in [0.4, 0.5) is 18.9 Å². The molecule has 4 atom stereocenters. The van der Waals surface area contributed by atoms with Crippen LogP contribution in [0, 0.1) is 5.92 Å². The first-order chi connectivity index (χ1) is 10.9. The lowest BCUT2D eigenvalue weighted by Crippen LogP contribution is -2.42. The summed E-state index contributed by atoms with van der Waals surface area (Å²) in [5.41, 5.74) is -0.0252. The summed E-state index contributed by atoms with van der Waals surface area (Å²) in [5, 5.41) is 21.3. The van der Waals surface area contributed by atoms with E-state index in [1.165, 1.54) is 6.07 Å². The van der Waals surface area contributed by atoms with Gasteiger partial charge in [0.1, 0.15) is 0 Å². The molecule has 1 aliphatic rings. The monoisotopic (exact) mass is 368 g/mol. The predicted octanol–water partition coefficient (Wildman–Crippen LogP) is -0.0124. The number of anilines is 1. The molecule has 1 amide bonds. The quantitative estimate of drug-likeness (QED) is 0.594. The molecule has 0 saturated heterocycles. The summed E-state index contributed by atoms with van der Waals surface area (Å²) < 4.78 is 60.4. The molecule has 0 aromatic heterocycles. The molecule has 1 aromatic carbocycles. The molecule has 5 N–H and O–H groups in total. The van der Waals surface area contributed by atoms with Crippen LogP contribution in [0.1, 0.15) is 6.42 Å². The molecule has 0 radical (unpaired) electrons. The van der Waals surface area contributed by atoms with Crippen LogP contribution in [0.15, 0.2) is 29.2 Å². The van der Waals surface area contributed by atoms with Crippen molar-refractivity contribution in [3.63, 3.8) is 0 Å². The second-order valence-corrected chi connectivity index (χ2v) is 7.38. The number of carbonyl (C=O) groups is 1. The van der Waals surface area contributed by atoms with E-state index in [4.69, 9.17) is 5.73 Å². The van der Waals surface area contributed by atoms with Crippen molar-refractivity contribution in [2.75, 3.05) is 5.32 Å². The van der Waals surface area contributed by atoms with Crippen molar-refractivity contribution in [3.8, 4) is 0 Å². The molecule has 0 bridgehead atoms. The van der Waals surface area contributed by atoms with Crippen LogP contribution in [0.2, 0.25) is 0 Å². The Hall–Kier alpha value is -1.69. The number of benzene rings is 1. The largest absolute Gasteiger partial charge is 0.501 e. The number of halogens is 3. The van der Waals surface area contributed by atoms with Crippen molar-refractivity contribution < 1.29 is 36.6 Å². The minimum atomic E-state index is -5.54. The normalized spacial score (nSPS) is 27.9. The number of aliphatic hydroxyl groups is 2. The maximum Gasteiger partial charge on any atom is 0.501 e. The average molecular weight is 368 g/mol. The van der Waals surface area contributed by atoms with Gasteiger partial charge in [-0.05, 0) is 24.6 Å². The number of rotatable bonds is 3. The van der Waals surface area contributed by atoms with E-state index in [0.717, 1.165) is 12.1 Å². The topological polar surface area (TPSA) is 130 Å². The van der Waals surface area contributed by atoms with E-state index >= 15 is 0 Å². The third-order valence-corrected chi connectivity index (χ3v) is 5.29. The van der Waals surface area contributed by atoms with Gasteiger partial charge in [-0.3, -0.25) is 4.79 Å². The Balaban J connectivity index is 2.21. The summed E-state index contributed by atoms with van der Waals surface area (Å²) in [4.78, 5) is 11.1. The third-order valence-electron chi connectivity index (χ3n) is 3.80. The Morgan fingerprint density at radius 3 is 2.42 bits per heavy atom. The first kappa shape index (κ1) is 18.6. The number of amides is 1. The van der Waals surface area contributed by atoms with Crippen LogP contribution in [0.25, 0.3) is 0 Å². The van der Waals surface area contributed by atoms with E-state index in [0.29, 0.717) is 6.07 Å². The fourth-order valence-electron chi connectivity index (χ4n) is 2.44. The molecular weight excluding hydrogens is 353 g/mol. The van der Waals surface area contributed by atoms with E-state index in [2.05, 4.69) is 5.32 Å². The number of aliphatic hydroxyl groups excluding tert-OH is 2. The van der Waals surface area contributed by atoms with Crippen molar-refractivity contribution >= 4 is 21.4 Å². The lowest BCUT2D eigenvalue weighted by molar-refractivity contribution is -0.120. The van der Waals surface area contributed by atoms with Gasteiger partial charge in [0.25, 0.3) is 9.84 Å². The summed E-state index contributed by atoms with van der Waals surface area (Å²) in [5.74, 6) is -1.70. The molecule has 1 fully saturated rings. The van der Waals surface area contributed by atoms with Crippen molar-refractivity contribution in [1.29, 1.82) is 0 Å². The standard InChI is InChI=1S/C13H15F3N2O5S/c14-13(15,16)24(22,23)7-3-1-2-6(4-7)18-12(21)8-5-9(19)11(20)10(8)17/h1-4,8-11,19-20H,5,17H2,(H,18,21)/t8-,9-,10-,11-/m0/s1. The number of alkyl halides is 3. The lowest BCUT2D eigenvalue weighted by atomic mass is 10.0. The number of hydrogen-bond acceptors (Lipinski definition) is 6. The summed E-state index contributed by atoms with van der Waals surface area (Å²) in [6, 6.07) is 2.65. The van der Waals surface area contributed by atoms with E-state index < -0.39 is 50.3 Å². The van der Waals surface area contributed by atoms with E-state index in [1.54, 1.807) is 0 Å². The Morgan fingerprint density at radius 2 is 1.92 bits per heavy atom. The molecule has 0 aliphatic heterocycles. The first-order valence-corrected chi connectivity index (χ1v) is 8.27. The van der Waals surface area contributed by atoms with Crippen molar-refractivity contribution in [2.24, 2.45) is 11.7 Å². The maximum atomic E-state index is 12.5. The summed E-state index contributed by atoms with van der Waals surface area (Å²) in [6.07, 6.45) is -2.60. The smallest absolute Gasteiger partial charge is 0.390 e. The summed E-state index contributed by atoms with van der Waals surface area (Å²) in [7, 11) is -5.54. The highest BCUT2D eigenvalue weighted by Gasteiger charge is 2.47. The van der Waals surface area contributed by atoms with Gasteiger partial charge in [-0.2, -0.15) is 13.2 Å². The number of carbonyl (C=O) groups excluding carboxylic acids is 1. The zero-order valence-electron chi connectivity index (χ0n) is 12.1. The Labute approximate surface area is 135 Å². The molecule has 1 saturated carbocycles. The SMILES string of the molecule is N[C@@H]1[C@@H](O)[C@@H](O)C[C@@H]1C(=O)Nc1cccc(S(=O)(=O)C(F)(F)F)c1. The second-order valence-electron chi connectivity index (χ2n) is 5.44. The highest BCUT2D eigenvalue weighted by Crippen LogP contribution is 2.32. The number of nitrogens with one attached hydrogen (secondary N) is 1. The van der Waals surface area contributed by atoms with Gasteiger partial charge in [0.2, 0.25) is 5.91 Å². The summed E-state index contributed by atoms with van der Waals surface area (Å²) in [6.45, 7) is 0. The molecule has 0 heterocycles. The van der Waals surface area contributed by atoms with Crippen LogP contribution in [0.3, 0.4) is 0 Å². The number of hydrogen-bond donors (Lipinski definition) is 4. The van der Waals surface area contributed by atoms with Gasteiger partial charge in [0.15, 0.2) is 0 Å². The van der Waals surface area contributed by atoms with Crippen LogP contribution in [-0.4, -0.2) is 48.3 Å². The van der Waals surface area contributed by atoms with Crippen molar-refractivity contribution in [3.05, 3.63) is 24.3 Å². The first-order valence-electron chi connectivity index (χ1n) is 6.79. The lowest BCUT2D eigenvalue weighted by Gasteiger charge is -2.17. The second kappa shape index (κ2) is 6.31. The molecule has 0 unspecified atom stereocenters. The van der Waals surface area contributed by atoms with Crippen molar-refractivity contribution in [1.82, 2.24) is 0 Å². The molecular formula is C13H15F3N2O5S. The predicted molar refractivity (Wildman–Crippen MR) is 76.4 cm³/mol. The molecule has 7 nitrogen and oxygen atoms in total. The van der Waals surface area contributed by atoms with Crippen molar-refractivity contribution in [2.45, 2.75) is 35.1 Å². The molecule has 134 valence electrons. The van der Waals surface area contributed by atoms with E-state index in [9.17, 15) is 36.6 Å². The highest BCUT2D eigenvalue weighted by molar-refractivity contribution is 7.92. The molecule has 0 spiro atoms. The third kappa shape index (κ3) is 3.38. The fourth-order valence-corrected chi connectivity index (χ4v) is 3.25. The van der Waals surface area contributed by atoms with Gasteiger partial charge >= 0.3 is 5.51 Å². The zero-order valence-corrected chi connectivity index (χ0v) is 12.9.